The smallest absolute Gasteiger partial charge is 0.146 e. The van der Waals surface area contributed by atoms with Crippen LogP contribution in [0.2, 0.25) is 0 Å². The Morgan fingerprint density at radius 3 is 2.64 bits per heavy atom. The number of halogens is 1. The molecular formula is C20H27FN2O2. The number of aromatic nitrogens is 1. The van der Waals surface area contributed by atoms with Crippen molar-refractivity contribution < 1.29 is 14.2 Å². The number of nitrogens with zero attached hydrogens (tertiary/aromatic N) is 1. The van der Waals surface area contributed by atoms with Crippen molar-refractivity contribution in [1.82, 2.24) is 10.3 Å². The van der Waals surface area contributed by atoms with Gasteiger partial charge in [-0.3, -0.25) is 0 Å². The summed E-state index contributed by atoms with van der Waals surface area (Å²) >= 11 is 0. The summed E-state index contributed by atoms with van der Waals surface area (Å²) in [5.41, 5.74) is 3.04. The minimum atomic E-state index is -0.348. The van der Waals surface area contributed by atoms with E-state index in [-0.39, 0.29) is 30.9 Å². The number of hydrogen-bond donors (Lipinski definition) is 2. The summed E-state index contributed by atoms with van der Waals surface area (Å²) in [5.74, 6) is -0.0952. The van der Waals surface area contributed by atoms with Crippen molar-refractivity contribution in [1.29, 1.82) is 0 Å². The van der Waals surface area contributed by atoms with E-state index in [1.165, 1.54) is 6.07 Å². The highest BCUT2D eigenvalue weighted by molar-refractivity contribution is 5.63. The topological polar surface area (TPSA) is 54.4 Å². The van der Waals surface area contributed by atoms with Gasteiger partial charge >= 0.3 is 0 Å². The van der Waals surface area contributed by atoms with E-state index in [9.17, 15) is 9.50 Å². The molecule has 0 bridgehead atoms. The summed E-state index contributed by atoms with van der Waals surface area (Å²) < 4.78 is 19.7. The van der Waals surface area contributed by atoms with Crippen molar-refractivity contribution in [2.24, 2.45) is 5.92 Å². The molecule has 2 aromatic rings. The monoisotopic (exact) mass is 346 g/mol. The van der Waals surface area contributed by atoms with Crippen molar-refractivity contribution in [3.8, 4) is 11.3 Å². The maximum atomic E-state index is 14.2. The lowest BCUT2D eigenvalue weighted by Gasteiger charge is -2.20. The normalized spacial score (nSPS) is 12.6. The molecule has 0 amide bonds. The Labute approximate surface area is 149 Å². The van der Waals surface area contributed by atoms with Crippen LogP contribution < -0.4 is 5.32 Å². The lowest BCUT2D eigenvalue weighted by molar-refractivity contribution is 0.134. The van der Waals surface area contributed by atoms with Crippen LogP contribution in [-0.4, -0.2) is 29.3 Å². The van der Waals surface area contributed by atoms with Crippen LogP contribution in [0.25, 0.3) is 11.3 Å². The highest BCUT2D eigenvalue weighted by Crippen LogP contribution is 2.24. The average molecular weight is 346 g/mol. The van der Waals surface area contributed by atoms with Crippen molar-refractivity contribution in [3.05, 3.63) is 53.5 Å². The summed E-state index contributed by atoms with van der Waals surface area (Å²) in [6.07, 6.45) is 0. The fourth-order valence-corrected chi connectivity index (χ4v) is 2.61. The quantitative estimate of drug-likeness (QED) is 0.729. The first-order chi connectivity index (χ1) is 12.1. The van der Waals surface area contributed by atoms with Crippen molar-refractivity contribution in [2.75, 3.05) is 13.2 Å². The predicted octanol–water partition coefficient (Wildman–Crippen LogP) is 3.53. The van der Waals surface area contributed by atoms with Gasteiger partial charge in [0.2, 0.25) is 0 Å². The first kappa shape index (κ1) is 19.5. The van der Waals surface area contributed by atoms with E-state index in [4.69, 9.17) is 4.74 Å². The van der Waals surface area contributed by atoms with Gasteiger partial charge in [-0.05, 0) is 30.5 Å². The number of aliphatic hydroxyl groups excluding tert-OH is 1. The molecule has 1 aromatic carbocycles. The van der Waals surface area contributed by atoms with Gasteiger partial charge < -0.3 is 15.2 Å². The number of rotatable bonds is 9. The first-order valence-corrected chi connectivity index (χ1v) is 8.72. The van der Waals surface area contributed by atoms with Gasteiger partial charge in [0.15, 0.2) is 0 Å². The Morgan fingerprint density at radius 1 is 1.20 bits per heavy atom. The minimum absolute atomic E-state index is 0.0101. The molecule has 0 aliphatic heterocycles. The molecule has 2 rings (SSSR count). The van der Waals surface area contributed by atoms with Crippen LogP contribution in [0.1, 0.15) is 32.0 Å². The second kappa shape index (κ2) is 9.61. The third kappa shape index (κ3) is 5.33. The minimum Gasteiger partial charge on any atom is -0.395 e. The zero-order valence-corrected chi connectivity index (χ0v) is 15.1. The molecule has 0 radical (unpaired) electrons. The number of pyridine rings is 1. The Morgan fingerprint density at radius 2 is 1.96 bits per heavy atom. The summed E-state index contributed by atoms with van der Waals surface area (Å²) in [6.45, 7) is 7.40. The Hall–Kier alpha value is -1.82. The lowest BCUT2D eigenvalue weighted by atomic mass is 10.0. The van der Waals surface area contributed by atoms with Crippen LogP contribution in [0.4, 0.5) is 4.39 Å². The van der Waals surface area contributed by atoms with Crippen LogP contribution in [0.3, 0.4) is 0 Å². The fourth-order valence-electron chi connectivity index (χ4n) is 2.61. The first-order valence-electron chi connectivity index (χ1n) is 8.72. The van der Waals surface area contributed by atoms with Crippen molar-refractivity contribution >= 4 is 0 Å². The predicted molar refractivity (Wildman–Crippen MR) is 97.5 cm³/mol. The van der Waals surface area contributed by atoms with Gasteiger partial charge in [0.25, 0.3) is 0 Å². The SMILES string of the molecule is CCOCc1ccccc1-c1ccc(F)c(CN[C@@H](CO)C(C)C)n1. The van der Waals surface area contributed by atoms with E-state index in [1.807, 2.05) is 45.0 Å². The summed E-state index contributed by atoms with van der Waals surface area (Å²) in [4.78, 5) is 4.50. The number of aliphatic hydroxyl groups is 1. The zero-order valence-electron chi connectivity index (χ0n) is 15.1. The van der Waals surface area contributed by atoms with Gasteiger partial charge in [-0.2, -0.15) is 0 Å². The van der Waals surface area contributed by atoms with Gasteiger partial charge in [-0.25, -0.2) is 9.37 Å². The molecule has 0 spiro atoms. The maximum Gasteiger partial charge on any atom is 0.146 e. The molecule has 0 saturated heterocycles. The fraction of sp³-hybridized carbons (Fsp3) is 0.450. The summed E-state index contributed by atoms with van der Waals surface area (Å²) in [5, 5.41) is 12.6. The number of nitrogens with one attached hydrogen (secondary N) is 1. The molecule has 1 heterocycles. The molecule has 5 heteroatoms. The van der Waals surface area contributed by atoms with E-state index in [0.29, 0.717) is 18.9 Å². The van der Waals surface area contributed by atoms with Gasteiger partial charge in [0, 0.05) is 24.8 Å². The van der Waals surface area contributed by atoms with Crippen molar-refractivity contribution in [2.45, 2.75) is 40.0 Å². The standard InChI is InChI=1S/C20H27FN2O2/c1-4-25-13-15-7-5-6-8-16(15)18-10-9-17(21)19(23-18)11-22-20(12-24)14(2)3/h5-10,14,20,22,24H,4,11-13H2,1-3H3/t20-/m0/s1. The Balaban J connectivity index is 2.24. The summed E-state index contributed by atoms with van der Waals surface area (Å²) in [7, 11) is 0. The number of hydrogen-bond acceptors (Lipinski definition) is 4. The van der Waals surface area contributed by atoms with E-state index in [1.54, 1.807) is 6.07 Å². The van der Waals surface area contributed by atoms with Gasteiger partial charge in [-0.15, -0.1) is 0 Å². The van der Waals surface area contributed by atoms with Crippen molar-refractivity contribution in [3.63, 3.8) is 0 Å². The molecule has 0 fully saturated rings. The second-order valence-corrected chi connectivity index (χ2v) is 6.33. The van der Waals surface area contributed by atoms with E-state index < -0.39 is 0 Å². The second-order valence-electron chi connectivity index (χ2n) is 6.33. The molecule has 1 aromatic heterocycles. The number of ether oxygens (including phenoxy) is 1. The van der Waals surface area contributed by atoms with Crippen LogP contribution >= 0.6 is 0 Å². The van der Waals surface area contributed by atoms with Gasteiger partial charge in [0.05, 0.1) is 24.6 Å². The molecular weight excluding hydrogens is 319 g/mol. The molecule has 0 unspecified atom stereocenters. The van der Waals surface area contributed by atoms with E-state index >= 15 is 0 Å². The largest absolute Gasteiger partial charge is 0.395 e. The maximum absolute atomic E-state index is 14.2. The molecule has 4 nitrogen and oxygen atoms in total. The number of benzene rings is 1. The molecule has 25 heavy (non-hydrogen) atoms. The summed E-state index contributed by atoms with van der Waals surface area (Å²) in [6, 6.07) is 10.9. The highest BCUT2D eigenvalue weighted by atomic mass is 19.1. The molecule has 0 aliphatic carbocycles. The average Bonchev–Trinajstić information content (AvgIpc) is 2.62. The van der Waals surface area contributed by atoms with Crippen LogP contribution in [-0.2, 0) is 17.9 Å². The third-order valence-electron chi connectivity index (χ3n) is 4.21. The van der Waals surface area contributed by atoms with Crippen LogP contribution in [0, 0.1) is 11.7 Å². The third-order valence-corrected chi connectivity index (χ3v) is 4.21. The Kier molecular flexibility index (Phi) is 7.50. The molecule has 0 aliphatic rings. The lowest BCUT2D eigenvalue weighted by Crippen LogP contribution is -2.37. The molecule has 0 saturated carbocycles. The van der Waals surface area contributed by atoms with Crippen LogP contribution in [0.15, 0.2) is 36.4 Å². The van der Waals surface area contributed by atoms with Gasteiger partial charge in [0.1, 0.15) is 5.82 Å². The van der Waals surface area contributed by atoms with E-state index in [2.05, 4.69) is 10.3 Å². The molecule has 1 atom stereocenters. The Bertz CT molecular complexity index is 676. The zero-order chi connectivity index (χ0) is 18.2. The molecule has 136 valence electrons. The van der Waals surface area contributed by atoms with E-state index in [0.717, 1.165) is 16.8 Å². The highest BCUT2D eigenvalue weighted by Gasteiger charge is 2.14. The van der Waals surface area contributed by atoms with Gasteiger partial charge in [-0.1, -0.05) is 38.1 Å². The molecule has 2 N–H and O–H groups in total. The van der Waals surface area contributed by atoms with Crippen LogP contribution in [0.5, 0.6) is 0 Å².